The maximum atomic E-state index is 13.8. The molecule has 0 fully saturated rings. The van der Waals surface area contributed by atoms with E-state index in [1.54, 1.807) is 9.58 Å². The number of amides is 2. The van der Waals surface area contributed by atoms with Crippen LogP contribution in [0.15, 0.2) is 72.1 Å². The second-order valence-corrected chi connectivity index (χ2v) is 9.46. The van der Waals surface area contributed by atoms with Crippen molar-refractivity contribution in [2.45, 2.75) is 45.3 Å². The predicted octanol–water partition coefficient (Wildman–Crippen LogP) is 4.57. The summed E-state index contributed by atoms with van der Waals surface area (Å²) in [5, 5.41) is 13.4. The number of hydrogen-bond acceptors (Lipinski definition) is 5. The second-order valence-electron chi connectivity index (χ2n) is 8.48. The van der Waals surface area contributed by atoms with Crippen LogP contribution < -0.4 is 10.2 Å². The van der Waals surface area contributed by atoms with Gasteiger partial charge in [0.05, 0.1) is 5.52 Å². The van der Waals surface area contributed by atoms with Crippen LogP contribution in [0.3, 0.4) is 0 Å². The smallest absolute Gasteiger partial charge is 0.249 e. The van der Waals surface area contributed by atoms with Crippen molar-refractivity contribution in [3.8, 4) is 0 Å². The highest BCUT2D eigenvalue weighted by Crippen LogP contribution is 2.31. The number of thiophene rings is 1. The monoisotopic (exact) mass is 461 g/mol. The van der Waals surface area contributed by atoms with Crippen LogP contribution in [0.2, 0.25) is 0 Å². The summed E-state index contributed by atoms with van der Waals surface area (Å²) in [6, 6.07) is 19.8. The minimum atomic E-state index is -0.805. The Morgan fingerprint density at radius 2 is 1.79 bits per heavy atom. The zero-order chi connectivity index (χ0) is 23.4. The van der Waals surface area contributed by atoms with Gasteiger partial charge in [-0.2, -0.15) is 0 Å². The van der Waals surface area contributed by atoms with E-state index in [4.69, 9.17) is 0 Å². The van der Waals surface area contributed by atoms with Crippen molar-refractivity contribution in [3.05, 3.63) is 77.0 Å². The Labute approximate surface area is 197 Å². The van der Waals surface area contributed by atoms with Gasteiger partial charge in [-0.3, -0.25) is 14.5 Å². The molecule has 0 saturated heterocycles. The van der Waals surface area contributed by atoms with Crippen molar-refractivity contribution in [1.29, 1.82) is 0 Å². The summed E-state index contributed by atoms with van der Waals surface area (Å²) in [5.41, 5.74) is 1.73. The Kier molecular flexibility index (Phi) is 6.55. The van der Waals surface area contributed by atoms with Gasteiger partial charge in [0.1, 0.15) is 18.1 Å². The number of hydrogen-bond donors (Lipinski definition) is 1. The van der Waals surface area contributed by atoms with Gasteiger partial charge in [-0.1, -0.05) is 48.5 Å². The SMILES string of the molecule is CCC(C)(C)NC(=O)[C@@H](c1cccs1)N(C(=O)Cn1nnc2ccccc21)c1ccccc1. The fourth-order valence-corrected chi connectivity index (χ4v) is 4.39. The molecule has 0 bridgehead atoms. The number of aromatic nitrogens is 3. The lowest BCUT2D eigenvalue weighted by molar-refractivity contribution is -0.128. The summed E-state index contributed by atoms with van der Waals surface area (Å²) in [6.45, 7) is 5.94. The van der Waals surface area contributed by atoms with Gasteiger partial charge >= 0.3 is 0 Å². The van der Waals surface area contributed by atoms with Gasteiger partial charge in [-0.15, -0.1) is 16.4 Å². The molecule has 0 radical (unpaired) electrons. The lowest BCUT2D eigenvalue weighted by Gasteiger charge is -2.34. The number of carbonyl (C=O) groups excluding carboxylic acids is 2. The van der Waals surface area contributed by atoms with E-state index in [2.05, 4.69) is 15.6 Å². The molecule has 0 aliphatic heterocycles. The molecule has 2 heterocycles. The molecule has 33 heavy (non-hydrogen) atoms. The minimum Gasteiger partial charge on any atom is -0.349 e. The van der Waals surface area contributed by atoms with E-state index in [1.165, 1.54) is 11.3 Å². The lowest BCUT2D eigenvalue weighted by Crippen LogP contribution is -2.50. The fourth-order valence-electron chi connectivity index (χ4n) is 3.57. The highest BCUT2D eigenvalue weighted by atomic mass is 32.1. The molecular weight excluding hydrogens is 434 g/mol. The van der Waals surface area contributed by atoms with Gasteiger partial charge in [-0.05, 0) is 56.0 Å². The Morgan fingerprint density at radius 3 is 2.48 bits per heavy atom. The molecule has 0 unspecified atom stereocenters. The maximum absolute atomic E-state index is 13.8. The quantitative estimate of drug-likeness (QED) is 0.417. The van der Waals surface area contributed by atoms with Crippen LogP contribution in [-0.4, -0.2) is 32.3 Å². The van der Waals surface area contributed by atoms with Gasteiger partial charge in [-0.25, -0.2) is 4.68 Å². The zero-order valence-electron chi connectivity index (χ0n) is 18.9. The molecule has 1 N–H and O–H groups in total. The molecule has 2 amide bonds. The first-order valence-corrected chi connectivity index (χ1v) is 11.8. The fraction of sp³-hybridized carbons (Fsp3) is 0.280. The lowest BCUT2D eigenvalue weighted by atomic mass is 10.0. The number of rotatable bonds is 8. The van der Waals surface area contributed by atoms with Crippen molar-refractivity contribution in [3.63, 3.8) is 0 Å². The standard InChI is InChI=1S/C25H27N5O2S/c1-4-25(2,3)26-24(32)23(21-15-10-16-33-21)30(18-11-6-5-7-12-18)22(31)17-29-20-14-9-8-13-19(20)27-28-29/h5-16,23H,4,17H2,1-3H3,(H,26,32)/t23-/m1/s1. The summed E-state index contributed by atoms with van der Waals surface area (Å²) in [4.78, 5) is 29.8. The molecule has 0 spiro atoms. The third-order valence-electron chi connectivity index (χ3n) is 5.67. The molecular formula is C25H27N5O2S. The number of carbonyl (C=O) groups is 2. The van der Waals surface area contributed by atoms with Crippen LogP contribution in [0.25, 0.3) is 11.0 Å². The van der Waals surface area contributed by atoms with E-state index >= 15 is 0 Å². The number of benzene rings is 2. The molecule has 4 aromatic rings. The molecule has 0 aliphatic carbocycles. The number of fused-ring (bicyclic) bond motifs is 1. The van der Waals surface area contributed by atoms with E-state index in [9.17, 15) is 9.59 Å². The zero-order valence-corrected chi connectivity index (χ0v) is 19.7. The van der Waals surface area contributed by atoms with E-state index in [1.807, 2.05) is 92.9 Å². The third kappa shape index (κ3) is 4.96. The highest BCUT2D eigenvalue weighted by Gasteiger charge is 2.35. The van der Waals surface area contributed by atoms with Crippen LogP contribution in [0.5, 0.6) is 0 Å². The van der Waals surface area contributed by atoms with Gasteiger partial charge in [0.15, 0.2) is 0 Å². The summed E-state index contributed by atoms with van der Waals surface area (Å²) in [7, 11) is 0. The number of anilines is 1. The van der Waals surface area contributed by atoms with E-state index in [0.717, 1.165) is 16.8 Å². The van der Waals surface area contributed by atoms with Gasteiger partial charge in [0.2, 0.25) is 11.8 Å². The molecule has 1 atom stereocenters. The van der Waals surface area contributed by atoms with Crippen LogP contribution in [-0.2, 0) is 16.1 Å². The average molecular weight is 462 g/mol. The van der Waals surface area contributed by atoms with Crippen molar-refractivity contribution in [1.82, 2.24) is 20.3 Å². The molecule has 8 heteroatoms. The van der Waals surface area contributed by atoms with Crippen LogP contribution in [0.1, 0.15) is 38.1 Å². The maximum Gasteiger partial charge on any atom is 0.249 e. The van der Waals surface area contributed by atoms with E-state index in [-0.39, 0.29) is 18.4 Å². The Hall–Kier alpha value is -3.52. The van der Waals surface area contributed by atoms with Crippen LogP contribution >= 0.6 is 11.3 Å². The minimum absolute atomic E-state index is 0.0399. The first-order valence-electron chi connectivity index (χ1n) is 10.9. The topological polar surface area (TPSA) is 80.1 Å². The van der Waals surface area contributed by atoms with E-state index in [0.29, 0.717) is 11.2 Å². The largest absolute Gasteiger partial charge is 0.349 e. The highest BCUT2D eigenvalue weighted by molar-refractivity contribution is 7.10. The average Bonchev–Trinajstić information content (AvgIpc) is 3.48. The van der Waals surface area contributed by atoms with Crippen molar-refractivity contribution < 1.29 is 9.59 Å². The summed E-state index contributed by atoms with van der Waals surface area (Å²) >= 11 is 1.45. The van der Waals surface area contributed by atoms with Crippen LogP contribution in [0.4, 0.5) is 5.69 Å². The van der Waals surface area contributed by atoms with Gasteiger partial charge in [0, 0.05) is 16.1 Å². The number of para-hydroxylation sites is 2. The first-order chi connectivity index (χ1) is 15.9. The van der Waals surface area contributed by atoms with Gasteiger partial charge in [0.25, 0.3) is 0 Å². The molecule has 2 aromatic carbocycles. The van der Waals surface area contributed by atoms with E-state index < -0.39 is 11.6 Å². The van der Waals surface area contributed by atoms with Crippen LogP contribution in [0, 0.1) is 0 Å². The number of nitrogens with zero attached hydrogens (tertiary/aromatic N) is 4. The molecule has 7 nitrogen and oxygen atoms in total. The predicted molar refractivity (Wildman–Crippen MR) is 131 cm³/mol. The van der Waals surface area contributed by atoms with Crippen molar-refractivity contribution in [2.75, 3.05) is 4.90 Å². The first kappa shape index (κ1) is 22.7. The van der Waals surface area contributed by atoms with Gasteiger partial charge < -0.3 is 5.32 Å². The number of nitrogens with one attached hydrogen (secondary N) is 1. The summed E-state index contributed by atoms with van der Waals surface area (Å²) in [5.74, 6) is -0.468. The molecule has 2 aromatic heterocycles. The molecule has 170 valence electrons. The third-order valence-corrected chi connectivity index (χ3v) is 6.60. The van der Waals surface area contributed by atoms with Crippen molar-refractivity contribution in [2.24, 2.45) is 0 Å². The molecule has 0 aliphatic rings. The normalized spacial score (nSPS) is 12.5. The Morgan fingerprint density at radius 1 is 1.06 bits per heavy atom. The Bertz CT molecular complexity index is 1230. The summed E-state index contributed by atoms with van der Waals surface area (Å²) in [6.07, 6.45) is 0.764. The van der Waals surface area contributed by atoms with Crippen molar-refractivity contribution >= 4 is 39.9 Å². The summed E-state index contributed by atoms with van der Waals surface area (Å²) < 4.78 is 1.58. The molecule has 0 saturated carbocycles. The Balaban J connectivity index is 1.75. The second kappa shape index (κ2) is 9.54. The molecule has 4 rings (SSSR count).